The average molecular weight is 68.4 g/mol. The van der Waals surface area contributed by atoms with Crippen molar-refractivity contribution in [1.29, 1.82) is 0 Å². The molecule has 0 aromatic rings. The predicted molar refractivity (Wildman–Crippen MR) is 16.6 cm³/mol. The van der Waals surface area contributed by atoms with Gasteiger partial charge in [-0.3, -0.25) is 0 Å². The van der Waals surface area contributed by atoms with Gasteiger partial charge in [-0.15, -0.1) is 0 Å². The van der Waals surface area contributed by atoms with E-state index in [1.165, 1.54) is 0 Å². The zero-order chi connectivity index (χ0) is 2.12. The van der Waals surface area contributed by atoms with Crippen molar-refractivity contribution in [2.45, 2.75) is 0 Å². The van der Waals surface area contributed by atoms with Crippen molar-refractivity contribution in [1.82, 2.24) is 0 Å². The Morgan fingerprint density at radius 2 is 1.50 bits per heavy atom. The van der Waals surface area contributed by atoms with Crippen LogP contribution in [-0.4, -0.2) is 36.3 Å². The third-order valence-corrected chi connectivity index (χ3v) is 0.204. The molecule has 2 heteroatoms. The summed E-state index contributed by atoms with van der Waals surface area (Å²) < 4.78 is 4.50. The zero-order valence-electron chi connectivity index (χ0n) is 2.53. The molecule has 0 unspecified atom stereocenters. The van der Waals surface area contributed by atoms with Gasteiger partial charge < -0.3 is 4.74 Å². The molecular weight excluding hydrogens is 64.3 g/mol. The molecule has 1 aliphatic rings. The molecule has 0 bridgehead atoms. The van der Waals surface area contributed by atoms with E-state index >= 15 is 0 Å². The van der Waals surface area contributed by atoms with Crippen LogP contribution in [0.4, 0.5) is 0 Å². The minimum Gasteiger partial charge on any atom is -0.377 e. The molecule has 1 aliphatic heterocycles. The van der Waals surface area contributed by atoms with Gasteiger partial charge in [0.05, 0.1) is 13.2 Å². The van der Waals surface area contributed by atoms with E-state index in [1.54, 1.807) is 0 Å². The van der Waals surface area contributed by atoms with Crippen molar-refractivity contribution in [2.24, 2.45) is 0 Å². The summed E-state index contributed by atoms with van der Waals surface area (Å²) in [5, 5.41) is 0. The molecule has 20 valence electrons. The van der Waals surface area contributed by atoms with E-state index in [0.29, 0.717) is 0 Å². The molecule has 0 aromatic heterocycles. The molecule has 1 heterocycles. The maximum Gasteiger partial charge on any atom is 0.0701 e. The Balaban J connectivity index is 0.0000000900. The fraction of sp³-hybridized carbons (Fsp3) is 1.00. The second-order valence-electron chi connectivity index (χ2n) is 0.612. The van der Waals surface area contributed by atoms with Crippen LogP contribution in [-0.2, 0) is 4.74 Å². The molecule has 2 radical (unpaired) electrons. The number of epoxide rings is 1. The van der Waals surface area contributed by atoms with Crippen LogP contribution in [0.2, 0.25) is 0 Å². The molecule has 4 heavy (non-hydrogen) atoms. The lowest BCUT2D eigenvalue weighted by Crippen LogP contribution is -1.20. The van der Waals surface area contributed by atoms with Crippen molar-refractivity contribution < 1.29 is 4.74 Å². The Bertz CT molecular complexity index is 10.8. The Kier molecular flexibility index (Phi) is 2.36. The van der Waals surface area contributed by atoms with Crippen molar-refractivity contribution in [3.8, 4) is 0 Å². The normalized spacial score (nSPS) is 18.0. The number of hydrogen-bond acceptors (Lipinski definition) is 1. The van der Waals surface area contributed by atoms with Crippen molar-refractivity contribution >= 4 is 23.1 Å². The van der Waals surface area contributed by atoms with E-state index in [-0.39, 0.29) is 23.1 Å². The molecule has 0 spiro atoms. The van der Waals surface area contributed by atoms with E-state index in [4.69, 9.17) is 0 Å². The lowest BCUT2D eigenvalue weighted by atomic mass is 11.0. The molecule has 1 fully saturated rings. The fourth-order valence-electron chi connectivity index (χ4n) is 0. The first-order valence-electron chi connectivity index (χ1n) is 1.08. The monoisotopic (exact) mass is 68.0 g/mol. The summed E-state index contributed by atoms with van der Waals surface area (Å²) in [4.78, 5) is 0. The van der Waals surface area contributed by atoms with Crippen LogP contribution in [0.3, 0.4) is 0 Å². The highest BCUT2D eigenvalue weighted by molar-refractivity contribution is 5.75. The largest absolute Gasteiger partial charge is 0.377 e. The molecule has 0 N–H and O–H groups in total. The zero-order valence-corrected chi connectivity index (χ0v) is 3.94. The van der Waals surface area contributed by atoms with Gasteiger partial charge in [-0.1, -0.05) is 0 Å². The van der Waals surface area contributed by atoms with Gasteiger partial charge in [-0.05, 0) is 0 Å². The quantitative estimate of drug-likeness (QED) is 0.279. The summed E-state index contributed by atoms with van der Waals surface area (Å²) in [6, 6.07) is 0. The summed E-state index contributed by atoms with van der Waals surface area (Å²) in [6.07, 6.45) is 0. The van der Waals surface area contributed by atoms with Crippen LogP contribution in [0.25, 0.3) is 0 Å². The summed E-state index contributed by atoms with van der Waals surface area (Å²) in [6.45, 7) is 2.00. The minimum atomic E-state index is 0. The molecule has 0 atom stereocenters. The smallest absolute Gasteiger partial charge is 0.0701 e. The molecule has 1 nitrogen and oxygen atoms in total. The van der Waals surface area contributed by atoms with Crippen LogP contribution in [0.5, 0.6) is 0 Å². The first-order chi connectivity index (χ1) is 1.50. The molecule has 0 aromatic carbocycles. The van der Waals surface area contributed by atoms with Gasteiger partial charge in [0.1, 0.15) is 0 Å². The average Bonchev–Trinajstić information content (AvgIpc) is 1.46. The fourth-order valence-corrected chi connectivity index (χ4v) is 0. The molecule has 0 aliphatic carbocycles. The van der Waals surface area contributed by atoms with Gasteiger partial charge in [0.25, 0.3) is 0 Å². The predicted octanol–water partition coefficient (Wildman–Crippen LogP) is -0.364. The summed E-state index contributed by atoms with van der Waals surface area (Å²) in [5.74, 6) is 0. The Labute approximate surface area is 41.5 Å². The number of hydrogen-bond donors (Lipinski definition) is 0. The van der Waals surface area contributed by atoms with E-state index in [2.05, 4.69) is 4.74 Å². The van der Waals surface area contributed by atoms with Crippen LogP contribution in [0, 0.1) is 0 Å². The van der Waals surface area contributed by atoms with E-state index in [1.807, 2.05) is 0 Å². The standard InChI is InChI=1S/C2H4O.Mg/c1-2-3-1;/h1-2H2;. The highest BCUT2D eigenvalue weighted by Gasteiger charge is 1.94. The highest BCUT2D eigenvalue weighted by atomic mass is 24.3. The van der Waals surface area contributed by atoms with Crippen molar-refractivity contribution in [2.75, 3.05) is 13.2 Å². The summed E-state index contributed by atoms with van der Waals surface area (Å²) in [5.41, 5.74) is 0. The van der Waals surface area contributed by atoms with Crippen LogP contribution in [0.1, 0.15) is 0 Å². The van der Waals surface area contributed by atoms with Crippen LogP contribution in [0.15, 0.2) is 0 Å². The van der Waals surface area contributed by atoms with Gasteiger partial charge in [0, 0.05) is 23.1 Å². The number of ether oxygens (including phenoxy) is 1. The van der Waals surface area contributed by atoms with E-state index < -0.39 is 0 Å². The molecule has 1 saturated heterocycles. The first kappa shape index (κ1) is 4.73. The summed E-state index contributed by atoms with van der Waals surface area (Å²) >= 11 is 0. The summed E-state index contributed by atoms with van der Waals surface area (Å²) in [7, 11) is 0. The second kappa shape index (κ2) is 1.99. The van der Waals surface area contributed by atoms with Gasteiger partial charge in [-0.25, -0.2) is 0 Å². The van der Waals surface area contributed by atoms with E-state index in [9.17, 15) is 0 Å². The second-order valence-corrected chi connectivity index (χ2v) is 0.612. The Morgan fingerprint density at radius 3 is 1.50 bits per heavy atom. The Hall–Kier alpha value is 0.726. The maximum atomic E-state index is 4.50. The minimum absolute atomic E-state index is 0. The van der Waals surface area contributed by atoms with Crippen LogP contribution < -0.4 is 0 Å². The third-order valence-electron chi connectivity index (χ3n) is 0.204. The van der Waals surface area contributed by atoms with Crippen molar-refractivity contribution in [3.63, 3.8) is 0 Å². The highest BCUT2D eigenvalue weighted by Crippen LogP contribution is 1.84. The van der Waals surface area contributed by atoms with Gasteiger partial charge in [0.2, 0.25) is 0 Å². The SMILES string of the molecule is C1CO1.[Mg]. The molecular formula is C2H4MgO. The Morgan fingerprint density at radius 1 is 1.25 bits per heavy atom. The molecule has 0 amide bonds. The first-order valence-corrected chi connectivity index (χ1v) is 1.08. The maximum absolute atomic E-state index is 4.50. The van der Waals surface area contributed by atoms with Gasteiger partial charge in [0.15, 0.2) is 0 Å². The lowest BCUT2D eigenvalue weighted by Gasteiger charge is -1.24. The van der Waals surface area contributed by atoms with Crippen molar-refractivity contribution in [3.05, 3.63) is 0 Å². The lowest BCUT2D eigenvalue weighted by molar-refractivity contribution is 0.475. The van der Waals surface area contributed by atoms with E-state index in [0.717, 1.165) is 13.2 Å². The third kappa shape index (κ3) is 2.73. The van der Waals surface area contributed by atoms with Gasteiger partial charge >= 0.3 is 0 Å². The van der Waals surface area contributed by atoms with Crippen LogP contribution >= 0.6 is 0 Å². The number of rotatable bonds is 0. The molecule has 1 rings (SSSR count). The molecule has 0 saturated carbocycles. The topological polar surface area (TPSA) is 12.5 Å². The van der Waals surface area contributed by atoms with Gasteiger partial charge in [-0.2, -0.15) is 0 Å².